The van der Waals surface area contributed by atoms with Crippen molar-refractivity contribution in [3.05, 3.63) is 17.5 Å². The van der Waals surface area contributed by atoms with Crippen molar-refractivity contribution in [2.45, 2.75) is 26.0 Å². The Bertz CT molecular complexity index is 391. The fourth-order valence-electron chi connectivity index (χ4n) is 1.93. The van der Waals surface area contributed by atoms with Crippen LogP contribution in [-0.2, 0) is 11.3 Å². The van der Waals surface area contributed by atoms with Gasteiger partial charge >= 0.3 is 5.97 Å². The molecule has 0 radical (unpaired) electrons. The van der Waals surface area contributed by atoms with Gasteiger partial charge in [0.25, 0.3) is 0 Å². The highest BCUT2D eigenvalue weighted by molar-refractivity contribution is 5.85. The van der Waals surface area contributed by atoms with Crippen molar-refractivity contribution in [1.82, 2.24) is 10.1 Å². The minimum Gasteiger partial charge on any atom is -0.476 e. The third-order valence-corrected chi connectivity index (χ3v) is 2.69. The predicted molar refractivity (Wildman–Crippen MR) is 58.8 cm³/mol. The number of hydrogen-bond acceptors (Lipinski definition) is 5. The van der Waals surface area contributed by atoms with Gasteiger partial charge in [-0.2, -0.15) is 0 Å². The topological polar surface area (TPSA) is 75.8 Å². The fourth-order valence-corrected chi connectivity index (χ4v) is 1.93. The monoisotopic (exact) mass is 240 g/mol. The van der Waals surface area contributed by atoms with Crippen molar-refractivity contribution < 1.29 is 19.2 Å². The molecule has 0 saturated carbocycles. The van der Waals surface area contributed by atoms with Crippen molar-refractivity contribution in [2.24, 2.45) is 0 Å². The van der Waals surface area contributed by atoms with Gasteiger partial charge < -0.3 is 14.4 Å². The Balaban J connectivity index is 1.96. The molecule has 1 aromatic rings. The number of carboxylic acids is 1. The summed E-state index contributed by atoms with van der Waals surface area (Å²) in [6, 6.07) is 1.47. The number of aromatic carboxylic acids is 1. The Morgan fingerprint density at radius 3 is 3.24 bits per heavy atom. The summed E-state index contributed by atoms with van der Waals surface area (Å²) in [7, 11) is 0. The smallest absolute Gasteiger partial charge is 0.358 e. The van der Waals surface area contributed by atoms with Crippen LogP contribution in [-0.4, -0.2) is 46.9 Å². The van der Waals surface area contributed by atoms with E-state index in [0.717, 1.165) is 26.1 Å². The summed E-state index contributed by atoms with van der Waals surface area (Å²) in [4.78, 5) is 12.8. The van der Waals surface area contributed by atoms with Crippen molar-refractivity contribution in [3.63, 3.8) is 0 Å². The average Bonchev–Trinajstić information content (AvgIpc) is 2.63. The molecule has 1 N–H and O–H groups in total. The van der Waals surface area contributed by atoms with Crippen LogP contribution in [0.25, 0.3) is 0 Å². The summed E-state index contributed by atoms with van der Waals surface area (Å²) in [6.07, 6.45) is 1.17. The van der Waals surface area contributed by atoms with Gasteiger partial charge in [0.05, 0.1) is 12.6 Å². The summed E-state index contributed by atoms with van der Waals surface area (Å²) >= 11 is 0. The van der Waals surface area contributed by atoms with Crippen LogP contribution >= 0.6 is 0 Å². The second kappa shape index (κ2) is 5.29. The van der Waals surface area contributed by atoms with E-state index >= 15 is 0 Å². The van der Waals surface area contributed by atoms with Crippen molar-refractivity contribution in [2.75, 3.05) is 19.7 Å². The Labute approximate surface area is 99.1 Å². The number of carboxylic acid groups (broad SMARTS) is 1. The Kier molecular flexibility index (Phi) is 3.75. The zero-order valence-electron chi connectivity index (χ0n) is 9.76. The molecule has 1 fully saturated rings. The molecule has 2 heterocycles. The quantitative estimate of drug-likeness (QED) is 0.848. The number of nitrogens with zero attached hydrogens (tertiary/aromatic N) is 2. The fraction of sp³-hybridized carbons (Fsp3) is 0.636. The molecule has 0 spiro atoms. The van der Waals surface area contributed by atoms with Crippen LogP contribution in [0, 0.1) is 0 Å². The van der Waals surface area contributed by atoms with E-state index in [2.05, 4.69) is 10.1 Å². The first kappa shape index (κ1) is 12.1. The molecule has 1 aromatic heterocycles. The van der Waals surface area contributed by atoms with Crippen LogP contribution in [0.15, 0.2) is 10.6 Å². The number of aromatic nitrogens is 1. The molecular weight excluding hydrogens is 224 g/mol. The van der Waals surface area contributed by atoms with Gasteiger partial charge in [-0.1, -0.05) is 5.16 Å². The highest BCUT2D eigenvalue weighted by Gasteiger charge is 2.18. The maximum Gasteiger partial charge on any atom is 0.358 e. The minimum atomic E-state index is -1.06. The standard InChI is InChI=1S/C11H16N2O4/c1-8-6-13(3-2-4-16-8)7-9-5-10(11(14)15)12-17-9/h5,8H,2-4,6-7H2,1H3,(H,14,15). The molecule has 1 aliphatic rings. The van der Waals surface area contributed by atoms with E-state index in [9.17, 15) is 4.79 Å². The van der Waals surface area contributed by atoms with E-state index in [-0.39, 0.29) is 11.8 Å². The van der Waals surface area contributed by atoms with Crippen LogP contribution < -0.4 is 0 Å². The number of carbonyl (C=O) groups is 1. The lowest BCUT2D eigenvalue weighted by Crippen LogP contribution is -2.29. The molecule has 17 heavy (non-hydrogen) atoms. The largest absolute Gasteiger partial charge is 0.476 e. The Morgan fingerprint density at radius 1 is 1.71 bits per heavy atom. The molecule has 0 bridgehead atoms. The van der Waals surface area contributed by atoms with Crippen molar-refractivity contribution in [1.29, 1.82) is 0 Å². The first-order chi connectivity index (χ1) is 8.15. The first-order valence-electron chi connectivity index (χ1n) is 5.68. The van der Waals surface area contributed by atoms with E-state index in [0.29, 0.717) is 12.3 Å². The lowest BCUT2D eigenvalue weighted by Gasteiger charge is -2.19. The number of ether oxygens (including phenoxy) is 1. The molecular formula is C11H16N2O4. The Hall–Kier alpha value is -1.40. The van der Waals surface area contributed by atoms with Gasteiger partial charge in [-0.15, -0.1) is 0 Å². The molecule has 0 aliphatic carbocycles. The molecule has 1 saturated heterocycles. The first-order valence-corrected chi connectivity index (χ1v) is 5.68. The molecule has 0 aromatic carbocycles. The maximum atomic E-state index is 10.7. The lowest BCUT2D eigenvalue weighted by atomic mass is 10.3. The van der Waals surface area contributed by atoms with Crippen molar-refractivity contribution in [3.8, 4) is 0 Å². The zero-order valence-corrected chi connectivity index (χ0v) is 9.76. The third kappa shape index (κ3) is 3.28. The molecule has 2 rings (SSSR count). The van der Waals surface area contributed by atoms with Gasteiger partial charge in [0.1, 0.15) is 0 Å². The van der Waals surface area contributed by atoms with E-state index in [4.69, 9.17) is 14.4 Å². The van der Waals surface area contributed by atoms with Gasteiger partial charge in [0.2, 0.25) is 0 Å². The number of rotatable bonds is 3. The zero-order chi connectivity index (χ0) is 12.3. The highest BCUT2D eigenvalue weighted by Crippen LogP contribution is 2.11. The van der Waals surface area contributed by atoms with Crippen LogP contribution in [0.4, 0.5) is 0 Å². The van der Waals surface area contributed by atoms with E-state index in [1.807, 2.05) is 6.92 Å². The van der Waals surface area contributed by atoms with Crippen LogP contribution in [0.1, 0.15) is 29.6 Å². The minimum absolute atomic E-state index is 0.0425. The molecule has 0 amide bonds. The van der Waals surface area contributed by atoms with Crippen LogP contribution in [0.3, 0.4) is 0 Å². The molecule has 6 nitrogen and oxygen atoms in total. The predicted octanol–water partition coefficient (Wildman–Crippen LogP) is 0.984. The Morgan fingerprint density at radius 2 is 2.53 bits per heavy atom. The van der Waals surface area contributed by atoms with Gasteiger partial charge in [0.15, 0.2) is 11.5 Å². The van der Waals surface area contributed by atoms with Gasteiger partial charge in [-0.25, -0.2) is 4.79 Å². The SMILES string of the molecule is CC1CN(Cc2cc(C(=O)O)no2)CCCO1. The highest BCUT2D eigenvalue weighted by atomic mass is 16.5. The molecule has 6 heteroatoms. The second-order valence-corrected chi connectivity index (χ2v) is 4.25. The third-order valence-electron chi connectivity index (χ3n) is 2.69. The number of hydrogen-bond donors (Lipinski definition) is 1. The molecule has 1 aliphatic heterocycles. The summed E-state index contributed by atoms with van der Waals surface area (Å²) in [5.41, 5.74) is -0.0425. The van der Waals surface area contributed by atoms with E-state index < -0.39 is 5.97 Å². The summed E-state index contributed by atoms with van der Waals surface area (Å²) in [5.74, 6) is -0.482. The van der Waals surface area contributed by atoms with Gasteiger partial charge in [-0.05, 0) is 13.3 Å². The van der Waals surface area contributed by atoms with E-state index in [1.165, 1.54) is 6.07 Å². The van der Waals surface area contributed by atoms with Crippen molar-refractivity contribution >= 4 is 5.97 Å². The summed E-state index contributed by atoms with van der Waals surface area (Å²) in [5, 5.41) is 12.2. The summed E-state index contributed by atoms with van der Waals surface area (Å²) < 4.78 is 10.5. The second-order valence-electron chi connectivity index (χ2n) is 4.25. The lowest BCUT2D eigenvalue weighted by molar-refractivity contribution is 0.0655. The van der Waals surface area contributed by atoms with Gasteiger partial charge in [-0.3, -0.25) is 4.90 Å². The van der Waals surface area contributed by atoms with Gasteiger partial charge in [0, 0.05) is 25.8 Å². The van der Waals surface area contributed by atoms with Crippen LogP contribution in [0.2, 0.25) is 0 Å². The summed E-state index contributed by atoms with van der Waals surface area (Å²) in [6.45, 7) is 5.13. The van der Waals surface area contributed by atoms with E-state index in [1.54, 1.807) is 0 Å². The average molecular weight is 240 g/mol. The maximum absolute atomic E-state index is 10.7. The normalized spacial score (nSPS) is 22.3. The molecule has 94 valence electrons. The van der Waals surface area contributed by atoms with Crippen LogP contribution in [0.5, 0.6) is 0 Å². The molecule has 1 unspecified atom stereocenters. The molecule has 1 atom stereocenters.